The van der Waals surface area contributed by atoms with Crippen LogP contribution in [0.5, 0.6) is 0 Å². The summed E-state index contributed by atoms with van der Waals surface area (Å²) >= 11 is 5.95. The van der Waals surface area contributed by atoms with Crippen molar-refractivity contribution in [3.8, 4) is 0 Å². The number of hydrogen-bond donors (Lipinski definition) is 1. The second kappa shape index (κ2) is 5.91. The van der Waals surface area contributed by atoms with Crippen molar-refractivity contribution in [2.24, 2.45) is 0 Å². The molecular weight excluding hydrogens is 253 g/mol. The van der Waals surface area contributed by atoms with Crippen LogP contribution in [0.1, 0.15) is 19.1 Å². The smallest absolute Gasteiger partial charge is 0.147 e. The molecule has 1 aromatic carbocycles. The molecule has 1 heterocycles. The number of hydrogen-bond acceptors (Lipinski definition) is 2. The van der Waals surface area contributed by atoms with Crippen LogP contribution in [0.25, 0.3) is 0 Å². The monoisotopic (exact) mass is 267 g/mol. The second-order valence-electron chi connectivity index (χ2n) is 4.26. The Hall–Kier alpha value is -1.48. The first kappa shape index (κ1) is 13.0. The maximum atomic E-state index is 13.6. The van der Waals surface area contributed by atoms with E-state index in [4.69, 9.17) is 16.0 Å². The summed E-state index contributed by atoms with van der Waals surface area (Å²) in [4.78, 5) is 0. The average Bonchev–Trinajstić information content (AvgIpc) is 2.84. The molecule has 0 spiro atoms. The van der Waals surface area contributed by atoms with Gasteiger partial charge in [0, 0.05) is 12.5 Å². The fourth-order valence-electron chi connectivity index (χ4n) is 1.77. The number of anilines is 1. The molecule has 2 rings (SSSR count). The molecule has 4 heteroatoms. The predicted octanol–water partition coefficient (Wildman–Crippen LogP) is 4.51. The largest absolute Gasteiger partial charge is 0.469 e. The third-order valence-corrected chi connectivity index (χ3v) is 3.07. The molecule has 2 nitrogen and oxygen atoms in total. The van der Waals surface area contributed by atoms with Crippen molar-refractivity contribution >= 4 is 17.3 Å². The van der Waals surface area contributed by atoms with Gasteiger partial charge in [-0.1, -0.05) is 17.7 Å². The fraction of sp³-hybridized carbons (Fsp3) is 0.286. The number of rotatable bonds is 5. The molecule has 0 amide bonds. The molecule has 0 aliphatic rings. The normalized spacial score (nSPS) is 12.4. The van der Waals surface area contributed by atoms with Crippen molar-refractivity contribution in [3.63, 3.8) is 0 Å². The van der Waals surface area contributed by atoms with Gasteiger partial charge in [-0.15, -0.1) is 0 Å². The lowest BCUT2D eigenvalue weighted by atomic mass is 10.1. The SMILES string of the molecule is CC(CCc1ccco1)Nc1c(F)cccc1Cl. The maximum absolute atomic E-state index is 13.6. The Morgan fingerprint density at radius 3 is 2.83 bits per heavy atom. The molecule has 1 unspecified atom stereocenters. The summed E-state index contributed by atoms with van der Waals surface area (Å²) < 4.78 is 18.8. The number of para-hydroxylation sites is 1. The van der Waals surface area contributed by atoms with Gasteiger partial charge in [0.2, 0.25) is 0 Å². The molecule has 0 fully saturated rings. The van der Waals surface area contributed by atoms with Crippen LogP contribution in [0.3, 0.4) is 0 Å². The molecular formula is C14H15ClFNO. The van der Waals surface area contributed by atoms with Crippen LogP contribution in [0.15, 0.2) is 41.0 Å². The summed E-state index contributed by atoms with van der Waals surface area (Å²) in [7, 11) is 0. The van der Waals surface area contributed by atoms with Gasteiger partial charge < -0.3 is 9.73 Å². The first-order valence-corrected chi connectivity index (χ1v) is 6.27. The highest BCUT2D eigenvalue weighted by Crippen LogP contribution is 2.25. The van der Waals surface area contributed by atoms with E-state index in [1.807, 2.05) is 19.1 Å². The van der Waals surface area contributed by atoms with E-state index < -0.39 is 0 Å². The minimum Gasteiger partial charge on any atom is -0.469 e. The number of benzene rings is 1. The topological polar surface area (TPSA) is 25.2 Å². The summed E-state index contributed by atoms with van der Waals surface area (Å²) in [5.41, 5.74) is 0.367. The average molecular weight is 268 g/mol. The van der Waals surface area contributed by atoms with Gasteiger partial charge in [0.1, 0.15) is 11.6 Å². The van der Waals surface area contributed by atoms with Gasteiger partial charge in [0.05, 0.1) is 17.0 Å². The molecule has 2 aromatic rings. The van der Waals surface area contributed by atoms with Gasteiger partial charge in [0.25, 0.3) is 0 Å². The van der Waals surface area contributed by atoms with Crippen LogP contribution >= 0.6 is 11.6 Å². The van der Waals surface area contributed by atoms with Gasteiger partial charge in [-0.05, 0) is 37.6 Å². The van der Waals surface area contributed by atoms with Crippen molar-refractivity contribution in [1.29, 1.82) is 0 Å². The standard InChI is InChI=1S/C14H15ClFNO/c1-10(7-8-11-4-3-9-18-11)17-14-12(15)5-2-6-13(14)16/h2-6,9-10,17H,7-8H2,1H3. The van der Waals surface area contributed by atoms with Gasteiger partial charge in [-0.3, -0.25) is 0 Å². The van der Waals surface area contributed by atoms with Gasteiger partial charge in [-0.2, -0.15) is 0 Å². The zero-order valence-corrected chi connectivity index (χ0v) is 10.9. The zero-order chi connectivity index (χ0) is 13.0. The number of furan rings is 1. The molecule has 1 N–H and O–H groups in total. The highest BCUT2D eigenvalue weighted by molar-refractivity contribution is 6.33. The van der Waals surface area contributed by atoms with Crippen molar-refractivity contribution in [3.05, 3.63) is 53.2 Å². The van der Waals surface area contributed by atoms with Crippen molar-refractivity contribution in [2.75, 3.05) is 5.32 Å². The molecule has 0 saturated carbocycles. The predicted molar refractivity (Wildman–Crippen MR) is 71.5 cm³/mol. The second-order valence-corrected chi connectivity index (χ2v) is 4.67. The van der Waals surface area contributed by atoms with Crippen molar-refractivity contribution in [1.82, 2.24) is 0 Å². The molecule has 96 valence electrons. The van der Waals surface area contributed by atoms with E-state index in [1.165, 1.54) is 6.07 Å². The van der Waals surface area contributed by atoms with E-state index in [2.05, 4.69) is 5.32 Å². The summed E-state index contributed by atoms with van der Waals surface area (Å²) in [5, 5.41) is 3.49. The van der Waals surface area contributed by atoms with E-state index in [0.29, 0.717) is 10.7 Å². The highest BCUT2D eigenvalue weighted by Gasteiger charge is 2.10. The summed E-state index contributed by atoms with van der Waals surface area (Å²) in [6, 6.07) is 8.57. The molecule has 0 aliphatic carbocycles. The maximum Gasteiger partial charge on any atom is 0.147 e. The van der Waals surface area contributed by atoms with E-state index in [9.17, 15) is 4.39 Å². The van der Waals surface area contributed by atoms with Crippen LogP contribution in [0.4, 0.5) is 10.1 Å². The number of aryl methyl sites for hydroxylation is 1. The van der Waals surface area contributed by atoms with Crippen LogP contribution in [-0.2, 0) is 6.42 Å². The Labute approximate surface area is 111 Å². The van der Waals surface area contributed by atoms with Crippen molar-refractivity contribution in [2.45, 2.75) is 25.8 Å². The van der Waals surface area contributed by atoms with Crippen LogP contribution in [-0.4, -0.2) is 6.04 Å². The summed E-state index contributed by atoms with van der Waals surface area (Å²) in [6.07, 6.45) is 3.31. The van der Waals surface area contributed by atoms with Crippen LogP contribution < -0.4 is 5.32 Å². The Bertz CT molecular complexity index is 478. The van der Waals surface area contributed by atoms with E-state index >= 15 is 0 Å². The lowest BCUT2D eigenvalue weighted by molar-refractivity contribution is 0.494. The van der Waals surface area contributed by atoms with Gasteiger partial charge in [-0.25, -0.2) is 4.39 Å². The zero-order valence-electron chi connectivity index (χ0n) is 10.1. The molecule has 0 aliphatic heterocycles. The number of halogens is 2. The minimum atomic E-state index is -0.327. The molecule has 1 aromatic heterocycles. The molecule has 0 radical (unpaired) electrons. The summed E-state index contributed by atoms with van der Waals surface area (Å²) in [5.74, 6) is 0.607. The first-order chi connectivity index (χ1) is 8.66. The Morgan fingerprint density at radius 1 is 1.33 bits per heavy atom. The molecule has 18 heavy (non-hydrogen) atoms. The van der Waals surface area contributed by atoms with E-state index in [0.717, 1.165) is 18.6 Å². The molecule has 0 bridgehead atoms. The Morgan fingerprint density at radius 2 is 2.17 bits per heavy atom. The van der Waals surface area contributed by atoms with E-state index in [1.54, 1.807) is 18.4 Å². The van der Waals surface area contributed by atoms with Gasteiger partial charge in [0.15, 0.2) is 0 Å². The first-order valence-electron chi connectivity index (χ1n) is 5.89. The lowest BCUT2D eigenvalue weighted by Crippen LogP contribution is -2.17. The quantitative estimate of drug-likeness (QED) is 0.862. The third kappa shape index (κ3) is 3.26. The molecule has 0 saturated heterocycles. The van der Waals surface area contributed by atoms with Crippen molar-refractivity contribution < 1.29 is 8.81 Å². The van der Waals surface area contributed by atoms with Gasteiger partial charge >= 0.3 is 0 Å². The highest BCUT2D eigenvalue weighted by atomic mass is 35.5. The number of nitrogens with one attached hydrogen (secondary N) is 1. The van der Waals surface area contributed by atoms with Crippen LogP contribution in [0, 0.1) is 5.82 Å². The Kier molecular flexibility index (Phi) is 4.26. The lowest BCUT2D eigenvalue weighted by Gasteiger charge is -2.16. The Balaban J connectivity index is 1.92. The van der Waals surface area contributed by atoms with E-state index in [-0.39, 0.29) is 11.9 Å². The minimum absolute atomic E-state index is 0.115. The van der Waals surface area contributed by atoms with Crippen LogP contribution in [0.2, 0.25) is 5.02 Å². The molecule has 1 atom stereocenters. The fourth-order valence-corrected chi connectivity index (χ4v) is 1.99. The third-order valence-electron chi connectivity index (χ3n) is 2.76. The summed E-state index contributed by atoms with van der Waals surface area (Å²) in [6.45, 7) is 1.99.